The molecule has 0 aliphatic carbocycles. The summed E-state index contributed by atoms with van der Waals surface area (Å²) in [6.45, 7) is 0. The van der Waals surface area contributed by atoms with Gasteiger partial charge in [-0.15, -0.1) is 0 Å². The maximum atomic E-state index is 5.10. The van der Waals surface area contributed by atoms with Crippen LogP contribution in [0.15, 0.2) is 48.5 Å². The van der Waals surface area contributed by atoms with Gasteiger partial charge in [-0.3, -0.25) is 0 Å². The van der Waals surface area contributed by atoms with E-state index in [9.17, 15) is 0 Å². The Morgan fingerprint density at radius 1 is 0.842 bits per heavy atom. The third kappa shape index (κ3) is 3.74. The molecule has 2 aromatic rings. The summed E-state index contributed by atoms with van der Waals surface area (Å²) in [5, 5.41) is 3.15. The third-order valence-corrected chi connectivity index (χ3v) is 2.66. The van der Waals surface area contributed by atoms with Gasteiger partial charge in [-0.25, -0.2) is 10.3 Å². The molecule has 0 radical (unpaired) electrons. The minimum Gasteiger partial charge on any atom is -0.497 e. The lowest BCUT2D eigenvalue weighted by atomic mass is 10.3. The van der Waals surface area contributed by atoms with Crippen LogP contribution in [0.1, 0.15) is 0 Å². The Labute approximate surface area is 112 Å². The normalized spacial score (nSPS) is 10.4. The highest BCUT2D eigenvalue weighted by Gasteiger charge is 1.96. The van der Waals surface area contributed by atoms with Crippen molar-refractivity contribution in [1.82, 2.24) is 0 Å². The molecule has 0 saturated heterocycles. The summed E-state index contributed by atoms with van der Waals surface area (Å²) in [5.41, 5.74) is 1.98. The predicted octanol–water partition coefficient (Wildman–Crippen LogP) is 1.56. The summed E-state index contributed by atoms with van der Waals surface area (Å²) < 4.78 is 10.2. The first kappa shape index (κ1) is 13.0. The molecule has 2 rings (SSSR count). The zero-order chi connectivity index (χ0) is 13.5. The second-order valence-electron chi connectivity index (χ2n) is 3.89. The summed E-state index contributed by atoms with van der Waals surface area (Å²) >= 11 is 0. The molecule has 0 aliphatic heterocycles. The average Bonchev–Trinajstić information content (AvgIpc) is 2.49. The largest absolute Gasteiger partial charge is 0.497 e. The van der Waals surface area contributed by atoms with E-state index in [2.05, 4.69) is 10.3 Å². The van der Waals surface area contributed by atoms with Crippen LogP contribution in [0.25, 0.3) is 0 Å². The quantitative estimate of drug-likeness (QED) is 0.631. The van der Waals surface area contributed by atoms with Gasteiger partial charge in [0.1, 0.15) is 22.9 Å². The molecule has 0 saturated carbocycles. The molecular weight excluding hydrogens is 240 g/mol. The van der Waals surface area contributed by atoms with Crippen molar-refractivity contribution >= 4 is 17.7 Å². The van der Waals surface area contributed by atoms with Crippen molar-refractivity contribution in [3.63, 3.8) is 0 Å². The molecule has 0 heterocycles. The second kappa shape index (κ2) is 6.44. The lowest BCUT2D eigenvalue weighted by molar-refractivity contribution is -0.347. The van der Waals surface area contributed by atoms with Crippen molar-refractivity contribution in [3.8, 4) is 11.5 Å². The molecule has 2 N–H and O–H groups in total. The van der Waals surface area contributed by atoms with Crippen LogP contribution >= 0.6 is 0 Å². The molecule has 0 aliphatic rings. The van der Waals surface area contributed by atoms with E-state index in [0.717, 1.165) is 22.9 Å². The van der Waals surface area contributed by atoms with E-state index >= 15 is 0 Å². The molecule has 0 spiro atoms. The van der Waals surface area contributed by atoms with Gasteiger partial charge in [0.25, 0.3) is 0 Å². The fourth-order valence-electron chi connectivity index (χ4n) is 1.58. The van der Waals surface area contributed by atoms with Crippen LogP contribution in [0.5, 0.6) is 11.5 Å². The van der Waals surface area contributed by atoms with Crippen molar-refractivity contribution < 1.29 is 14.5 Å². The molecule has 0 unspecified atom stereocenters. The maximum absolute atomic E-state index is 5.10. The number of hydrogen-bond acceptors (Lipinski definition) is 2. The van der Waals surface area contributed by atoms with E-state index in [0.29, 0.717) is 0 Å². The minimum absolute atomic E-state index is 0.841. The Morgan fingerprint density at radius 3 is 1.89 bits per heavy atom. The van der Waals surface area contributed by atoms with Gasteiger partial charge in [-0.05, 0) is 48.5 Å². The predicted molar refractivity (Wildman–Crippen MR) is 76.3 cm³/mol. The van der Waals surface area contributed by atoms with Crippen molar-refractivity contribution in [1.29, 1.82) is 0 Å². The van der Waals surface area contributed by atoms with E-state index in [1.165, 1.54) is 0 Å². The molecule has 4 nitrogen and oxygen atoms in total. The van der Waals surface area contributed by atoms with Gasteiger partial charge in [0.15, 0.2) is 0 Å². The summed E-state index contributed by atoms with van der Waals surface area (Å²) in [6, 6.07) is 15.4. The fraction of sp³-hybridized carbons (Fsp3) is 0.133. The molecule has 0 bridgehead atoms. The SMILES string of the molecule is COc1ccc(NC=[NH+]c2ccc(OC)cc2)cc1. The lowest BCUT2D eigenvalue weighted by Crippen LogP contribution is -2.62. The number of methoxy groups -OCH3 is 2. The second-order valence-corrected chi connectivity index (χ2v) is 3.89. The van der Waals surface area contributed by atoms with E-state index in [4.69, 9.17) is 9.47 Å². The van der Waals surface area contributed by atoms with Crippen LogP contribution in [0.3, 0.4) is 0 Å². The van der Waals surface area contributed by atoms with Crippen molar-refractivity contribution in [2.75, 3.05) is 19.5 Å². The summed E-state index contributed by atoms with van der Waals surface area (Å²) in [5.74, 6) is 1.68. The smallest absolute Gasteiger partial charge is 0.240 e. The van der Waals surface area contributed by atoms with Crippen LogP contribution in [-0.4, -0.2) is 20.6 Å². The summed E-state index contributed by atoms with van der Waals surface area (Å²) in [4.78, 5) is 3.15. The van der Waals surface area contributed by atoms with Gasteiger partial charge in [-0.2, -0.15) is 0 Å². The van der Waals surface area contributed by atoms with Gasteiger partial charge in [0.2, 0.25) is 6.34 Å². The monoisotopic (exact) mass is 257 g/mol. The molecule has 0 atom stereocenters. The van der Waals surface area contributed by atoms with Gasteiger partial charge in [0.05, 0.1) is 14.2 Å². The highest BCUT2D eigenvalue weighted by molar-refractivity contribution is 5.72. The highest BCUT2D eigenvalue weighted by Crippen LogP contribution is 2.14. The first-order valence-corrected chi connectivity index (χ1v) is 5.94. The Morgan fingerprint density at radius 2 is 1.37 bits per heavy atom. The number of nitrogens with one attached hydrogen (secondary N) is 2. The molecule has 19 heavy (non-hydrogen) atoms. The Kier molecular flexibility index (Phi) is 4.39. The van der Waals surface area contributed by atoms with Gasteiger partial charge in [0, 0.05) is 0 Å². The Balaban J connectivity index is 1.94. The molecule has 0 fully saturated rings. The lowest BCUT2D eigenvalue weighted by Gasteiger charge is -1.99. The number of anilines is 1. The van der Waals surface area contributed by atoms with Crippen LogP contribution in [0.4, 0.5) is 11.4 Å². The van der Waals surface area contributed by atoms with Crippen molar-refractivity contribution in [3.05, 3.63) is 48.5 Å². The third-order valence-electron chi connectivity index (χ3n) is 2.66. The van der Waals surface area contributed by atoms with Crippen molar-refractivity contribution in [2.45, 2.75) is 0 Å². The number of benzene rings is 2. The van der Waals surface area contributed by atoms with Gasteiger partial charge in [-0.1, -0.05) is 0 Å². The highest BCUT2D eigenvalue weighted by atomic mass is 16.5. The molecule has 0 amide bonds. The molecule has 4 heteroatoms. The minimum atomic E-state index is 0.841. The van der Waals surface area contributed by atoms with Crippen LogP contribution in [0.2, 0.25) is 0 Å². The molecular formula is C15H17N2O2+. The maximum Gasteiger partial charge on any atom is 0.240 e. The number of rotatable bonds is 5. The fourth-order valence-corrected chi connectivity index (χ4v) is 1.58. The number of hydrogen-bond donors (Lipinski definition) is 2. The van der Waals surface area contributed by atoms with E-state index in [1.54, 1.807) is 20.6 Å². The van der Waals surface area contributed by atoms with E-state index in [-0.39, 0.29) is 0 Å². The first-order valence-electron chi connectivity index (χ1n) is 5.94. The van der Waals surface area contributed by atoms with Crippen LogP contribution in [-0.2, 0) is 0 Å². The molecule has 98 valence electrons. The summed E-state index contributed by atoms with van der Waals surface area (Å²) in [6.07, 6.45) is 1.78. The van der Waals surface area contributed by atoms with Gasteiger partial charge < -0.3 is 9.47 Å². The zero-order valence-electron chi connectivity index (χ0n) is 11.0. The Bertz CT molecular complexity index is 533. The van der Waals surface area contributed by atoms with E-state index < -0.39 is 0 Å². The number of ether oxygens (including phenoxy) is 2. The molecule has 0 aromatic heterocycles. The van der Waals surface area contributed by atoms with E-state index in [1.807, 2.05) is 48.5 Å². The zero-order valence-corrected chi connectivity index (χ0v) is 11.0. The summed E-state index contributed by atoms with van der Waals surface area (Å²) in [7, 11) is 3.31. The topological polar surface area (TPSA) is 44.5 Å². The standard InChI is InChI=1S/C15H16N2O2/c1-18-14-7-3-12(4-8-14)16-11-17-13-5-9-15(19-2)10-6-13/h3-11H,1-2H3,(H,16,17)/p+1. The first-order chi connectivity index (χ1) is 9.31. The average molecular weight is 257 g/mol. The van der Waals surface area contributed by atoms with Gasteiger partial charge >= 0.3 is 0 Å². The van der Waals surface area contributed by atoms with Crippen LogP contribution < -0.4 is 19.8 Å². The Hall–Kier alpha value is -2.49. The van der Waals surface area contributed by atoms with Crippen molar-refractivity contribution in [2.24, 2.45) is 0 Å². The molecule has 2 aromatic carbocycles. The van der Waals surface area contributed by atoms with Crippen LogP contribution in [0, 0.1) is 0 Å².